The Morgan fingerprint density at radius 3 is 1.91 bits per heavy atom. The van der Waals surface area contributed by atoms with Crippen LogP contribution >= 0.6 is 0 Å². The smallest absolute Gasteiger partial charge is 0.231 e. The standard InChI is InChI=1S/C38H50N2O6S/c1-26(2)17-18-35(42)38(28(4)41)39-25-30(20-29-13-9-7-10-14-29)21-37(44)33-22-32(23-34(24-33)40(5)47(6,45)46)36(43)19-27(3)31-15-11-8-12-16-31/h7-16,22-24,26-28,30,38-39,41H,17-21,25H2,1-6H3/t27-,28?,30+,38?/m0/s1. The van der Waals surface area contributed by atoms with Crippen LogP contribution in [-0.2, 0) is 21.2 Å². The molecule has 0 aliphatic rings. The lowest BCUT2D eigenvalue weighted by molar-refractivity contribution is -0.123. The Morgan fingerprint density at radius 2 is 1.38 bits per heavy atom. The number of sulfonamides is 1. The lowest BCUT2D eigenvalue weighted by Crippen LogP contribution is -2.47. The molecule has 2 N–H and O–H groups in total. The summed E-state index contributed by atoms with van der Waals surface area (Å²) in [6.45, 7) is 7.94. The van der Waals surface area contributed by atoms with Gasteiger partial charge in [0, 0.05) is 37.4 Å². The second-order valence-electron chi connectivity index (χ2n) is 13.1. The first-order valence-corrected chi connectivity index (χ1v) is 18.2. The van der Waals surface area contributed by atoms with E-state index < -0.39 is 22.2 Å². The highest BCUT2D eigenvalue weighted by Gasteiger charge is 2.26. The van der Waals surface area contributed by atoms with Gasteiger partial charge in [-0.3, -0.25) is 18.7 Å². The third-order valence-corrected chi connectivity index (χ3v) is 9.75. The van der Waals surface area contributed by atoms with Crippen LogP contribution in [0.1, 0.15) is 91.1 Å². The van der Waals surface area contributed by atoms with Crippen LogP contribution in [0.4, 0.5) is 5.69 Å². The van der Waals surface area contributed by atoms with E-state index in [-0.39, 0.29) is 58.8 Å². The summed E-state index contributed by atoms with van der Waals surface area (Å²) >= 11 is 0. The molecular weight excluding hydrogens is 612 g/mol. The normalized spacial score (nSPS) is 14.3. The van der Waals surface area contributed by atoms with Crippen molar-refractivity contribution >= 4 is 33.1 Å². The van der Waals surface area contributed by atoms with E-state index in [0.717, 1.165) is 28.1 Å². The second kappa shape index (κ2) is 17.5. The van der Waals surface area contributed by atoms with Crippen molar-refractivity contribution in [2.24, 2.45) is 11.8 Å². The van der Waals surface area contributed by atoms with E-state index in [9.17, 15) is 27.9 Å². The van der Waals surface area contributed by atoms with Gasteiger partial charge in [-0.05, 0) is 73.4 Å². The Balaban J connectivity index is 1.91. The number of Topliss-reactive ketones (excluding diaryl/α,β-unsaturated/α-hetero) is 3. The number of anilines is 1. The van der Waals surface area contributed by atoms with Crippen LogP contribution < -0.4 is 9.62 Å². The Hall–Kier alpha value is -3.66. The topological polar surface area (TPSA) is 121 Å². The fourth-order valence-electron chi connectivity index (χ4n) is 5.58. The van der Waals surface area contributed by atoms with Crippen LogP contribution in [0.2, 0.25) is 0 Å². The average Bonchev–Trinajstić information content (AvgIpc) is 3.03. The van der Waals surface area contributed by atoms with Gasteiger partial charge in [-0.2, -0.15) is 0 Å². The van der Waals surface area contributed by atoms with Gasteiger partial charge in [0.2, 0.25) is 10.0 Å². The molecule has 8 nitrogen and oxygen atoms in total. The molecule has 47 heavy (non-hydrogen) atoms. The van der Waals surface area contributed by atoms with Crippen molar-refractivity contribution in [2.75, 3.05) is 24.2 Å². The number of rotatable bonds is 19. The Labute approximate surface area is 280 Å². The maximum absolute atomic E-state index is 14.0. The van der Waals surface area contributed by atoms with Crippen molar-refractivity contribution in [3.63, 3.8) is 0 Å². The summed E-state index contributed by atoms with van der Waals surface area (Å²) in [5.74, 6) is -0.485. The first-order chi connectivity index (χ1) is 22.1. The lowest BCUT2D eigenvalue weighted by Gasteiger charge is -2.25. The zero-order chi connectivity index (χ0) is 34.7. The van der Waals surface area contributed by atoms with Gasteiger partial charge in [-0.25, -0.2) is 8.42 Å². The molecule has 0 amide bonds. The number of ketones is 3. The van der Waals surface area contributed by atoms with Crippen LogP contribution in [0, 0.1) is 11.8 Å². The molecule has 2 unspecified atom stereocenters. The number of nitrogens with one attached hydrogen (secondary N) is 1. The van der Waals surface area contributed by atoms with Crippen molar-refractivity contribution in [1.29, 1.82) is 0 Å². The van der Waals surface area contributed by atoms with E-state index >= 15 is 0 Å². The Kier molecular flexibility index (Phi) is 14.1. The number of carbonyl (C=O) groups excluding carboxylic acids is 3. The summed E-state index contributed by atoms with van der Waals surface area (Å²) < 4.78 is 26.0. The van der Waals surface area contributed by atoms with Crippen LogP contribution in [0.25, 0.3) is 0 Å². The molecule has 0 bridgehead atoms. The fourth-order valence-corrected chi connectivity index (χ4v) is 6.07. The second-order valence-corrected chi connectivity index (χ2v) is 15.2. The lowest BCUT2D eigenvalue weighted by atomic mass is 9.89. The molecule has 9 heteroatoms. The zero-order valence-corrected chi connectivity index (χ0v) is 29.3. The number of hydrogen-bond donors (Lipinski definition) is 2. The van der Waals surface area contributed by atoms with E-state index in [1.807, 2.05) is 81.4 Å². The molecule has 3 rings (SSSR count). The van der Waals surface area contributed by atoms with E-state index in [4.69, 9.17) is 0 Å². The third-order valence-electron chi connectivity index (χ3n) is 8.55. The summed E-state index contributed by atoms with van der Waals surface area (Å²) in [4.78, 5) is 40.5. The van der Waals surface area contributed by atoms with Gasteiger partial charge in [0.05, 0.1) is 24.1 Å². The van der Waals surface area contributed by atoms with Gasteiger partial charge >= 0.3 is 0 Å². The number of benzene rings is 3. The largest absolute Gasteiger partial charge is 0.391 e. The van der Waals surface area contributed by atoms with Gasteiger partial charge in [-0.15, -0.1) is 0 Å². The molecule has 3 aromatic rings. The first-order valence-electron chi connectivity index (χ1n) is 16.3. The number of nitrogens with zero attached hydrogens (tertiary/aromatic N) is 1. The predicted octanol–water partition coefficient (Wildman–Crippen LogP) is 6.23. The Bertz CT molecular complexity index is 1590. The minimum Gasteiger partial charge on any atom is -0.391 e. The van der Waals surface area contributed by atoms with Gasteiger partial charge in [0.1, 0.15) is 0 Å². The molecule has 0 aromatic heterocycles. The highest BCUT2D eigenvalue weighted by Crippen LogP contribution is 2.27. The van der Waals surface area contributed by atoms with E-state index in [1.165, 1.54) is 19.2 Å². The third kappa shape index (κ3) is 11.8. The number of aliphatic hydroxyl groups excluding tert-OH is 1. The molecule has 3 aromatic carbocycles. The van der Waals surface area contributed by atoms with E-state index in [2.05, 4.69) is 5.32 Å². The zero-order valence-electron chi connectivity index (χ0n) is 28.5. The molecule has 4 atom stereocenters. The quantitative estimate of drug-likeness (QED) is 0.146. The molecule has 254 valence electrons. The monoisotopic (exact) mass is 662 g/mol. The summed E-state index contributed by atoms with van der Waals surface area (Å²) in [6, 6.07) is 23.2. The molecular formula is C38H50N2O6S. The minimum absolute atomic E-state index is 0.0668. The molecule has 0 saturated heterocycles. The molecule has 0 aliphatic carbocycles. The van der Waals surface area contributed by atoms with Gasteiger partial charge in [0.15, 0.2) is 17.3 Å². The number of hydrogen-bond acceptors (Lipinski definition) is 7. The molecule has 0 radical (unpaired) electrons. The fraction of sp³-hybridized carbons (Fsp3) is 0.447. The maximum Gasteiger partial charge on any atom is 0.231 e. The summed E-state index contributed by atoms with van der Waals surface area (Å²) in [6.07, 6.45) is 2.04. The minimum atomic E-state index is -3.67. The van der Waals surface area contributed by atoms with Crippen molar-refractivity contribution in [3.8, 4) is 0 Å². The van der Waals surface area contributed by atoms with Crippen molar-refractivity contribution in [2.45, 2.75) is 77.9 Å². The van der Waals surface area contributed by atoms with Gasteiger partial charge < -0.3 is 10.4 Å². The first kappa shape index (κ1) is 37.8. The summed E-state index contributed by atoms with van der Waals surface area (Å²) in [5, 5.41) is 13.7. The number of aliphatic hydroxyl groups is 1. The molecule has 0 aliphatic heterocycles. The molecule has 0 heterocycles. The van der Waals surface area contributed by atoms with Crippen molar-refractivity contribution in [3.05, 3.63) is 101 Å². The SMILES string of the molecule is CC(C)CCC(=O)C(NC[C@@H](CC(=O)c1cc(C(=O)C[C@H](C)c2ccccc2)cc(N(C)S(C)(=O)=O)c1)Cc1ccccc1)C(C)O. The van der Waals surface area contributed by atoms with Crippen LogP contribution in [0.15, 0.2) is 78.9 Å². The van der Waals surface area contributed by atoms with Gasteiger partial charge in [0.25, 0.3) is 0 Å². The van der Waals surface area contributed by atoms with E-state index in [1.54, 1.807) is 13.0 Å². The summed E-state index contributed by atoms with van der Waals surface area (Å²) in [7, 11) is -2.27. The van der Waals surface area contributed by atoms with Crippen LogP contribution in [-0.4, -0.2) is 62.9 Å². The molecule has 0 saturated carbocycles. The maximum atomic E-state index is 14.0. The van der Waals surface area contributed by atoms with Crippen molar-refractivity contribution < 1.29 is 27.9 Å². The van der Waals surface area contributed by atoms with Gasteiger partial charge in [-0.1, -0.05) is 81.4 Å². The highest BCUT2D eigenvalue weighted by molar-refractivity contribution is 7.92. The summed E-state index contributed by atoms with van der Waals surface area (Å²) in [5.41, 5.74) is 2.77. The Morgan fingerprint density at radius 1 is 0.830 bits per heavy atom. The van der Waals surface area contributed by atoms with E-state index in [0.29, 0.717) is 25.3 Å². The number of carbonyl (C=O) groups is 3. The van der Waals surface area contributed by atoms with Crippen LogP contribution in [0.5, 0.6) is 0 Å². The predicted molar refractivity (Wildman–Crippen MR) is 189 cm³/mol. The average molecular weight is 663 g/mol. The molecule has 0 fully saturated rings. The highest BCUT2D eigenvalue weighted by atomic mass is 32.2. The van der Waals surface area contributed by atoms with Crippen molar-refractivity contribution in [1.82, 2.24) is 5.32 Å². The van der Waals surface area contributed by atoms with Crippen LogP contribution in [0.3, 0.4) is 0 Å². The molecule has 0 spiro atoms.